The van der Waals surface area contributed by atoms with Crippen LogP contribution in [0.2, 0.25) is 0 Å². The third-order valence-corrected chi connectivity index (χ3v) is 4.47. The minimum atomic E-state index is -0.622. The Morgan fingerprint density at radius 3 is 2.69 bits per heavy atom. The van der Waals surface area contributed by atoms with Gasteiger partial charge in [-0.15, -0.1) is 12.4 Å². The third-order valence-electron chi connectivity index (χ3n) is 2.67. The minimum Gasteiger partial charge on any atom is -0.329 e. The van der Waals surface area contributed by atoms with Crippen LogP contribution in [-0.2, 0) is 10.8 Å². The van der Waals surface area contributed by atoms with E-state index in [-0.39, 0.29) is 12.4 Å². The average Bonchev–Trinajstić information content (AvgIpc) is 2.07. The van der Waals surface area contributed by atoms with Gasteiger partial charge < -0.3 is 5.73 Å². The van der Waals surface area contributed by atoms with Crippen LogP contribution in [0.1, 0.15) is 13.8 Å². The summed E-state index contributed by atoms with van der Waals surface area (Å²) in [6.45, 7) is 6.77. The summed E-state index contributed by atoms with van der Waals surface area (Å²) in [7, 11) is -0.622. The largest absolute Gasteiger partial charge is 0.329 e. The van der Waals surface area contributed by atoms with Gasteiger partial charge in [0, 0.05) is 47.5 Å². The van der Waals surface area contributed by atoms with Gasteiger partial charge in [0.2, 0.25) is 0 Å². The predicted octanol–water partition coefficient (Wildman–Crippen LogP) is 0.208. The van der Waals surface area contributed by atoms with Crippen LogP contribution in [0.4, 0.5) is 0 Å². The van der Waals surface area contributed by atoms with Crippen LogP contribution in [-0.4, -0.2) is 45.8 Å². The van der Waals surface area contributed by atoms with Crippen molar-refractivity contribution >= 4 is 23.2 Å². The second-order valence-electron chi connectivity index (χ2n) is 3.36. The summed E-state index contributed by atoms with van der Waals surface area (Å²) in [6.07, 6.45) is 0. The fourth-order valence-electron chi connectivity index (χ4n) is 1.59. The molecule has 0 bridgehead atoms. The Morgan fingerprint density at radius 1 is 1.54 bits per heavy atom. The Morgan fingerprint density at radius 2 is 2.15 bits per heavy atom. The maximum absolute atomic E-state index is 11.4. The molecule has 13 heavy (non-hydrogen) atoms. The summed E-state index contributed by atoms with van der Waals surface area (Å²) < 4.78 is 11.4. The average molecular weight is 227 g/mol. The van der Waals surface area contributed by atoms with Gasteiger partial charge in [-0.1, -0.05) is 0 Å². The molecule has 1 fully saturated rings. The first-order valence-electron chi connectivity index (χ1n) is 4.48. The molecule has 1 aliphatic rings. The highest BCUT2D eigenvalue weighted by molar-refractivity contribution is 7.85. The summed E-state index contributed by atoms with van der Waals surface area (Å²) >= 11 is 0. The van der Waals surface area contributed by atoms with Crippen LogP contribution in [0, 0.1) is 0 Å². The highest BCUT2D eigenvalue weighted by Crippen LogP contribution is 2.15. The molecule has 0 saturated carbocycles. The maximum Gasteiger partial charge on any atom is 0.0473 e. The summed E-state index contributed by atoms with van der Waals surface area (Å²) in [5.74, 6) is 0.811. The number of hydrogen-bond acceptors (Lipinski definition) is 3. The van der Waals surface area contributed by atoms with E-state index >= 15 is 0 Å². The van der Waals surface area contributed by atoms with Crippen LogP contribution in [0.3, 0.4) is 0 Å². The summed E-state index contributed by atoms with van der Waals surface area (Å²) in [5.41, 5.74) is 5.48. The van der Waals surface area contributed by atoms with E-state index < -0.39 is 10.8 Å². The van der Waals surface area contributed by atoms with E-state index in [2.05, 4.69) is 18.7 Å². The molecule has 0 spiro atoms. The second kappa shape index (κ2) is 5.96. The Bertz CT molecular complexity index is 180. The first kappa shape index (κ1) is 13.4. The van der Waals surface area contributed by atoms with Gasteiger partial charge in [0.05, 0.1) is 0 Å². The molecule has 0 aliphatic carbocycles. The van der Waals surface area contributed by atoms with E-state index in [0.717, 1.165) is 18.8 Å². The fraction of sp³-hybridized carbons (Fsp3) is 1.00. The topological polar surface area (TPSA) is 46.3 Å². The molecule has 2 N–H and O–H groups in total. The SMILES string of the molecule is CC1C(C)S(=O)CCN1CCN.Cl. The molecule has 0 amide bonds. The smallest absolute Gasteiger partial charge is 0.0473 e. The van der Waals surface area contributed by atoms with Gasteiger partial charge in [-0.25, -0.2) is 0 Å². The van der Waals surface area contributed by atoms with Gasteiger partial charge in [0.1, 0.15) is 0 Å². The van der Waals surface area contributed by atoms with Crippen LogP contribution in [0.15, 0.2) is 0 Å². The maximum atomic E-state index is 11.4. The first-order chi connectivity index (χ1) is 5.66. The van der Waals surface area contributed by atoms with Crippen molar-refractivity contribution in [3.05, 3.63) is 0 Å². The molecule has 1 heterocycles. The van der Waals surface area contributed by atoms with Crippen LogP contribution in [0.25, 0.3) is 0 Å². The lowest BCUT2D eigenvalue weighted by Crippen LogP contribution is -2.51. The molecule has 1 saturated heterocycles. The van der Waals surface area contributed by atoms with Gasteiger partial charge in [0.25, 0.3) is 0 Å². The monoisotopic (exact) mass is 226 g/mol. The number of nitrogens with two attached hydrogens (primary N) is 1. The molecule has 0 aromatic rings. The summed E-state index contributed by atoms with van der Waals surface area (Å²) in [6, 6.07) is 0.420. The number of nitrogens with zero attached hydrogens (tertiary/aromatic N) is 1. The zero-order valence-corrected chi connectivity index (χ0v) is 9.87. The van der Waals surface area contributed by atoms with E-state index in [0.29, 0.717) is 17.8 Å². The van der Waals surface area contributed by atoms with Crippen LogP contribution in [0.5, 0.6) is 0 Å². The highest BCUT2D eigenvalue weighted by atomic mass is 35.5. The molecule has 5 heteroatoms. The molecule has 0 aromatic carbocycles. The predicted molar refractivity (Wildman–Crippen MR) is 59.8 cm³/mol. The minimum absolute atomic E-state index is 0. The lowest BCUT2D eigenvalue weighted by atomic mass is 10.2. The van der Waals surface area contributed by atoms with Gasteiger partial charge in [-0.2, -0.15) is 0 Å². The molecule has 1 aliphatic heterocycles. The first-order valence-corrected chi connectivity index (χ1v) is 5.86. The van der Waals surface area contributed by atoms with Crippen molar-refractivity contribution in [1.29, 1.82) is 0 Å². The van der Waals surface area contributed by atoms with Crippen molar-refractivity contribution in [2.75, 3.05) is 25.4 Å². The van der Waals surface area contributed by atoms with Crippen LogP contribution >= 0.6 is 12.4 Å². The molecular weight excluding hydrogens is 208 g/mol. The molecular formula is C8H19ClN2OS. The Balaban J connectivity index is 0.00000144. The van der Waals surface area contributed by atoms with Crippen molar-refractivity contribution in [3.8, 4) is 0 Å². The van der Waals surface area contributed by atoms with Crippen molar-refractivity contribution < 1.29 is 4.21 Å². The standard InChI is InChI=1S/C8H18N2OS.ClH/c1-7-8(2)12(11)6-5-10(7)4-3-9;/h7-8H,3-6,9H2,1-2H3;1H. The number of hydrogen-bond donors (Lipinski definition) is 1. The quantitative estimate of drug-likeness (QED) is 0.732. The Kier molecular flexibility index (Phi) is 6.12. The zero-order valence-electron chi connectivity index (χ0n) is 8.23. The lowest BCUT2D eigenvalue weighted by Gasteiger charge is -2.36. The van der Waals surface area contributed by atoms with E-state index in [1.807, 2.05) is 0 Å². The van der Waals surface area contributed by atoms with Gasteiger partial charge in [-0.05, 0) is 13.8 Å². The van der Waals surface area contributed by atoms with E-state index in [1.54, 1.807) is 0 Å². The van der Waals surface area contributed by atoms with Crippen molar-refractivity contribution in [3.63, 3.8) is 0 Å². The summed E-state index contributed by atoms with van der Waals surface area (Å²) in [4.78, 5) is 2.33. The fourth-order valence-corrected chi connectivity index (χ4v) is 2.99. The van der Waals surface area contributed by atoms with E-state index in [1.165, 1.54) is 0 Å². The number of rotatable bonds is 2. The van der Waals surface area contributed by atoms with Crippen LogP contribution < -0.4 is 5.73 Å². The molecule has 3 unspecified atom stereocenters. The molecule has 0 aromatic heterocycles. The van der Waals surface area contributed by atoms with Crippen molar-refractivity contribution in [2.45, 2.75) is 25.1 Å². The summed E-state index contributed by atoms with van der Waals surface area (Å²) in [5, 5.41) is 0.297. The highest BCUT2D eigenvalue weighted by Gasteiger charge is 2.28. The van der Waals surface area contributed by atoms with Gasteiger partial charge >= 0.3 is 0 Å². The van der Waals surface area contributed by atoms with Gasteiger partial charge in [-0.3, -0.25) is 9.11 Å². The third kappa shape index (κ3) is 3.20. The Hall–Kier alpha value is 0.360. The molecule has 80 valence electrons. The van der Waals surface area contributed by atoms with Gasteiger partial charge in [0.15, 0.2) is 0 Å². The molecule has 3 nitrogen and oxygen atoms in total. The zero-order chi connectivity index (χ0) is 9.14. The lowest BCUT2D eigenvalue weighted by molar-refractivity contribution is 0.215. The second-order valence-corrected chi connectivity index (χ2v) is 5.27. The van der Waals surface area contributed by atoms with Crippen molar-refractivity contribution in [1.82, 2.24) is 4.90 Å². The number of halogens is 1. The molecule has 3 atom stereocenters. The normalized spacial score (nSPS) is 35.5. The molecule has 0 radical (unpaired) electrons. The van der Waals surface area contributed by atoms with E-state index in [9.17, 15) is 4.21 Å². The Labute approximate surface area is 88.9 Å². The van der Waals surface area contributed by atoms with E-state index in [4.69, 9.17) is 5.73 Å². The molecule has 1 rings (SSSR count). The van der Waals surface area contributed by atoms with Crippen molar-refractivity contribution in [2.24, 2.45) is 5.73 Å².